The first kappa shape index (κ1) is 14.0. The van der Waals surface area contributed by atoms with Gasteiger partial charge in [0.05, 0.1) is 19.3 Å². The third-order valence-electron chi connectivity index (χ3n) is 3.00. The quantitative estimate of drug-likeness (QED) is 0.831. The fraction of sp³-hybridized carbons (Fsp3) is 0.750. The predicted molar refractivity (Wildman–Crippen MR) is 67.3 cm³/mol. The molecule has 0 aliphatic carbocycles. The fourth-order valence-electron chi connectivity index (χ4n) is 2.20. The van der Waals surface area contributed by atoms with Gasteiger partial charge in [-0.25, -0.2) is 0 Å². The molecule has 1 aliphatic rings. The van der Waals surface area contributed by atoms with E-state index in [1.165, 1.54) is 0 Å². The maximum absolute atomic E-state index is 10.9. The number of nitrogens with two attached hydrogens (primary N) is 1. The first-order valence-electron chi connectivity index (χ1n) is 6.51. The molecular weight excluding hydrogens is 248 g/mol. The molecule has 2 N–H and O–H groups in total. The van der Waals surface area contributed by atoms with Gasteiger partial charge in [-0.1, -0.05) is 19.0 Å². The zero-order chi connectivity index (χ0) is 13.8. The van der Waals surface area contributed by atoms with Crippen LogP contribution in [0.4, 0.5) is 0 Å². The van der Waals surface area contributed by atoms with E-state index < -0.39 is 5.91 Å². The molecule has 1 aromatic rings. The first-order chi connectivity index (χ1) is 9.04. The minimum absolute atomic E-state index is 0.0676. The molecule has 2 heterocycles. The Bertz CT molecular complexity index is 432. The van der Waals surface area contributed by atoms with Crippen molar-refractivity contribution >= 4 is 5.91 Å². The van der Waals surface area contributed by atoms with Gasteiger partial charge in [0.15, 0.2) is 0 Å². The highest BCUT2D eigenvalue weighted by Gasteiger charge is 2.23. The molecule has 0 bridgehead atoms. The molecule has 2 rings (SSSR count). The third-order valence-corrected chi connectivity index (χ3v) is 3.00. The van der Waals surface area contributed by atoms with Gasteiger partial charge >= 0.3 is 0 Å². The molecule has 1 aromatic heterocycles. The third kappa shape index (κ3) is 4.00. The van der Waals surface area contributed by atoms with Crippen molar-refractivity contribution in [2.45, 2.75) is 32.9 Å². The number of morpholine rings is 1. The summed E-state index contributed by atoms with van der Waals surface area (Å²) in [6.45, 7) is 7.25. The van der Waals surface area contributed by atoms with Crippen LogP contribution in [0.25, 0.3) is 0 Å². The average Bonchev–Trinajstić information content (AvgIpc) is 2.77. The Balaban J connectivity index is 1.89. The van der Waals surface area contributed by atoms with Crippen LogP contribution in [0.2, 0.25) is 0 Å². The molecular formula is C12H20N4O3. The van der Waals surface area contributed by atoms with Crippen molar-refractivity contribution in [3.05, 3.63) is 11.7 Å². The number of carbonyl (C=O) groups excluding carboxylic acids is 1. The Morgan fingerprint density at radius 1 is 1.58 bits per heavy atom. The van der Waals surface area contributed by atoms with Crippen molar-refractivity contribution in [1.29, 1.82) is 0 Å². The van der Waals surface area contributed by atoms with Crippen molar-refractivity contribution < 1.29 is 14.1 Å². The molecule has 1 amide bonds. The number of primary amides is 1. The zero-order valence-electron chi connectivity index (χ0n) is 11.3. The summed E-state index contributed by atoms with van der Waals surface area (Å²) in [4.78, 5) is 17.0. The molecule has 7 nitrogen and oxygen atoms in total. The number of carbonyl (C=O) groups is 1. The van der Waals surface area contributed by atoms with E-state index in [2.05, 4.69) is 28.9 Å². The normalized spacial score (nSPS) is 20.9. The Kier molecular flexibility index (Phi) is 4.49. The van der Waals surface area contributed by atoms with E-state index in [1.807, 2.05) is 0 Å². The van der Waals surface area contributed by atoms with Crippen LogP contribution in [0, 0.1) is 5.92 Å². The Labute approximate surface area is 112 Å². The minimum Gasteiger partial charge on any atom is -0.376 e. The van der Waals surface area contributed by atoms with Gasteiger partial charge < -0.3 is 15.0 Å². The van der Waals surface area contributed by atoms with Crippen molar-refractivity contribution in [3.63, 3.8) is 0 Å². The second-order valence-electron chi connectivity index (χ2n) is 5.23. The van der Waals surface area contributed by atoms with E-state index in [1.54, 1.807) is 0 Å². The van der Waals surface area contributed by atoms with Gasteiger partial charge in [0.25, 0.3) is 11.7 Å². The monoisotopic (exact) mass is 268 g/mol. The molecule has 1 fully saturated rings. The van der Waals surface area contributed by atoms with Gasteiger partial charge in [0, 0.05) is 13.1 Å². The maximum Gasteiger partial charge on any atom is 0.290 e. The minimum atomic E-state index is -0.672. The highest BCUT2D eigenvalue weighted by atomic mass is 16.5. The lowest BCUT2D eigenvalue weighted by Crippen LogP contribution is -2.42. The van der Waals surface area contributed by atoms with Crippen LogP contribution in [-0.2, 0) is 11.3 Å². The summed E-state index contributed by atoms with van der Waals surface area (Å²) in [5.74, 6) is 0.283. The molecule has 0 spiro atoms. The molecule has 106 valence electrons. The first-order valence-corrected chi connectivity index (χ1v) is 6.51. The standard InChI is InChI=1S/C12H20N4O3/c1-8(2)5-9-6-16(3-4-18-9)7-10-14-12(11(13)17)15-19-10/h8-9H,3-7H2,1-2H3,(H2,13,17)/t9-/m0/s1. The van der Waals surface area contributed by atoms with Crippen molar-refractivity contribution in [1.82, 2.24) is 15.0 Å². The van der Waals surface area contributed by atoms with Gasteiger partial charge in [0.1, 0.15) is 0 Å². The van der Waals surface area contributed by atoms with Gasteiger partial charge in [-0.3, -0.25) is 9.69 Å². The average molecular weight is 268 g/mol. The molecule has 1 saturated heterocycles. The highest BCUT2D eigenvalue weighted by molar-refractivity contribution is 5.88. The van der Waals surface area contributed by atoms with E-state index in [-0.39, 0.29) is 11.9 Å². The number of ether oxygens (including phenoxy) is 1. The van der Waals surface area contributed by atoms with Crippen molar-refractivity contribution in [2.75, 3.05) is 19.7 Å². The molecule has 0 saturated carbocycles. The van der Waals surface area contributed by atoms with Crippen LogP contribution in [0.15, 0.2) is 4.52 Å². The van der Waals surface area contributed by atoms with Crippen molar-refractivity contribution in [3.8, 4) is 0 Å². The molecule has 0 radical (unpaired) electrons. The van der Waals surface area contributed by atoms with Gasteiger partial charge in [-0.2, -0.15) is 4.98 Å². The number of aromatic nitrogens is 2. The SMILES string of the molecule is CC(C)C[C@H]1CN(Cc2nc(C(N)=O)no2)CCO1. The molecule has 1 atom stereocenters. The predicted octanol–water partition coefficient (Wildman–Crippen LogP) is 0.415. The summed E-state index contributed by atoms with van der Waals surface area (Å²) >= 11 is 0. The second kappa shape index (κ2) is 6.12. The Hall–Kier alpha value is -1.47. The van der Waals surface area contributed by atoms with Crippen LogP contribution < -0.4 is 5.73 Å². The van der Waals surface area contributed by atoms with Gasteiger partial charge in [-0.15, -0.1) is 0 Å². The van der Waals surface area contributed by atoms with Crippen LogP contribution in [0.3, 0.4) is 0 Å². The lowest BCUT2D eigenvalue weighted by molar-refractivity contribution is -0.0424. The molecule has 0 aromatic carbocycles. The number of nitrogens with zero attached hydrogens (tertiary/aromatic N) is 3. The maximum atomic E-state index is 10.9. The number of hydrogen-bond acceptors (Lipinski definition) is 6. The van der Waals surface area contributed by atoms with E-state index in [0.717, 1.165) is 19.5 Å². The number of rotatable bonds is 5. The number of amides is 1. The summed E-state index contributed by atoms with van der Waals surface area (Å²) in [7, 11) is 0. The molecule has 0 unspecified atom stereocenters. The second-order valence-corrected chi connectivity index (χ2v) is 5.23. The Morgan fingerprint density at radius 3 is 3.00 bits per heavy atom. The van der Waals surface area contributed by atoms with E-state index in [0.29, 0.717) is 25.0 Å². The summed E-state index contributed by atoms with van der Waals surface area (Å²) in [5, 5.41) is 3.53. The molecule has 1 aliphatic heterocycles. The lowest BCUT2D eigenvalue weighted by atomic mass is 10.0. The molecule has 19 heavy (non-hydrogen) atoms. The van der Waals surface area contributed by atoms with E-state index >= 15 is 0 Å². The topological polar surface area (TPSA) is 94.5 Å². The van der Waals surface area contributed by atoms with Gasteiger partial charge in [-0.05, 0) is 12.3 Å². The van der Waals surface area contributed by atoms with Crippen LogP contribution in [0.1, 0.15) is 36.8 Å². The summed E-state index contributed by atoms with van der Waals surface area (Å²) in [6, 6.07) is 0. The molecule has 7 heteroatoms. The summed E-state index contributed by atoms with van der Waals surface area (Å²) in [5.41, 5.74) is 5.08. The summed E-state index contributed by atoms with van der Waals surface area (Å²) < 4.78 is 10.7. The largest absolute Gasteiger partial charge is 0.376 e. The van der Waals surface area contributed by atoms with Gasteiger partial charge in [0.2, 0.25) is 5.89 Å². The fourth-order valence-corrected chi connectivity index (χ4v) is 2.20. The summed E-state index contributed by atoms with van der Waals surface area (Å²) in [6.07, 6.45) is 1.28. The lowest BCUT2D eigenvalue weighted by Gasteiger charge is -2.32. The zero-order valence-corrected chi connectivity index (χ0v) is 11.3. The van der Waals surface area contributed by atoms with Crippen LogP contribution in [-0.4, -0.2) is 46.7 Å². The highest BCUT2D eigenvalue weighted by Crippen LogP contribution is 2.15. The number of hydrogen-bond donors (Lipinski definition) is 1. The van der Waals surface area contributed by atoms with E-state index in [9.17, 15) is 4.79 Å². The smallest absolute Gasteiger partial charge is 0.290 e. The van der Waals surface area contributed by atoms with Crippen LogP contribution >= 0.6 is 0 Å². The Morgan fingerprint density at radius 2 is 2.37 bits per heavy atom. The van der Waals surface area contributed by atoms with Crippen molar-refractivity contribution in [2.24, 2.45) is 11.7 Å². The van der Waals surface area contributed by atoms with E-state index in [4.69, 9.17) is 15.0 Å². The van der Waals surface area contributed by atoms with Crippen LogP contribution in [0.5, 0.6) is 0 Å².